The number of hydrogen-bond acceptors (Lipinski definition) is 4. The quantitative estimate of drug-likeness (QED) is 0.861. The van der Waals surface area contributed by atoms with Gasteiger partial charge >= 0.3 is 5.97 Å². The number of carbonyl (C=O) groups excluding carboxylic acids is 1. The van der Waals surface area contributed by atoms with Gasteiger partial charge in [0, 0.05) is 26.1 Å². The average molecular weight is 342 g/mol. The van der Waals surface area contributed by atoms with Gasteiger partial charge in [0.25, 0.3) is 0 Å². The van der Waals surface area contributed by atoms with E-state index < -0.39 is 32.3 Å². The van der Waals surface area contributed by atoms with Gasteiger partial charge in [0.1, 0.15) is 4.90 Å². The average Bonchev–Trinajstić information content (AvgIpc) is 2.82. The Labute approximate surface area is 132 Å². The van der Waals surface area contributed by atoms with Crippen molar-refractivity contribution in [2.24, 2.45) is 0 Å². The lowest BCUT2D eigenvalue weighted by molar-refractivity contribution is -0.131. The van der Waals surface area contributed by atoms with Crippen LogP contribution in [0.5, 0.6) is 0 Å². The van der Waals surface area contributed by atoms with E-state index in [0.717, 1.165) is 22.9 Å². The first kappa shape index (κ1) is 15.9. The Hall–Kier alpha value is -2.00. The highest BCUT2D eigenvalue weighted by molar-refractivity contribution is 7.89. The molecule has 2 aliphatic rings. The molecule has 0 radical (unpaired) electrons. The zero-order valence-corrected chi connectivity index (χ0v) is 12.9. The summed E-state index contributed by atoms with van der Waals surface area (Å²) in [4.78, 5) is 23.6. The molecule has 3 rings (SSSR count). The number of amides is 1. The van der Waals surface area contributed by atoms with Gasteiger partial charge in [0.05, 0.1) is 11.6 Å². The second kappa shape index (κ2) is 5.57. The summed E-state index contributed by atoms with van der Waals surface area (Å²) < 4.78 is 40.1. The van der Waals surface area contributed by atoms with Gasteiger partial charge in [-0.1, -0.05) is 6.07 Å². The van der Waals surface area contributed by atoms with Crippen molar-refractivity contribution < 1.29 is 27.5 Å². The second-order valence-corrected chi connectivity index (χ2v) is 7.50. The van der Waals surface area contributed by atoms with Gasteiger partial charge in [-0.25, -0.2) is 17.6 Å². The maximum Gasteiger partial charge on any atom is 0.338 e. The van der Waals surface area contributed by atoms with Crippen molar-refractivity contribution >= 4 is 21.9 Å². The number of benzene rings is 1. The van der Waals surface area contributed by atoms with Crippen molar-refractivity contribution in [3.8, 4) is 0 Å². The van der Waals surface area contributed by atoms with Gasteiger partial charge in [0.15, 0.2) is 5.82 Å². The third-order valence-electron chi connectivity index (χ3n) is 4.19. The molecule has 0 bridgehead atoms. The summed E-state index contributed by atoms with van der Waals surface area (Å²) in [5.74, 6) is -2.78. The van der Waals surface area contributed by atoms with Crippen LogP contribution in [0.25, 0.3) is 0 Å². The molecule has 0 aromatic heterocycles. The first-order valence-corrected chi connectivity index (χ1v) is 8.58. The molecule has 1 aromatic rings. The van der Waals surface area contributed by atoms with E-state index in [-0.39, 0.29) is 25.0 Å². The summed E-state index contributed by atoms with van der Waals surface area (Å²) in [6.45, 7) is 0.815. The molecule has 0 atom stereocenters. The van der Waals surface area contributed by atoms with Crippen molar-refractivity contribution in [1.29, 1.82) is 0 Å². The molecular formula is C14H15FN2O5S. The lowest BCUT2D eigenvalue weighted by Gasteiger charge is -2.42. The molecular weight excluding hydrogens is 327 g/mol. The third kappa shape index (κ3) is 2.59. The van der Waals surface area contributed by atoms with Crippen LogP contribution in [0.3, 0.4) is 0 Å². The first-order chi connectivity index (χ1) is 10.8. The second-order valence-electron chi connectivity index (χ2n) is 5.59. The lowest BCUT2D eigenvalue weighted by Crippen LogP contribution is -2.61. The summed E-state index contributed by atoms with van der Waals surface area (Å²) in [6, 6.07) is 3.07. The van der Waals surface area contributed by atoms with Crippen molar-refractivity contribution in [1.82, 2.24) is 9.21 Å². The predicted molar refractivity (Wildman–Crippen MR) is 76.9 cm³/mol. The van der Waals surface area contributed by atoms with Crippen molar-refractivity contribution in [2.45, 2.75) is 23.8 Å². The smallest absolute Gasteiger partial charge is 0.338 e. The molecule has 0 aliphatic carbocycles. The minimum Gasteiger partial charge on any atom is -0.478 e. The summed E-state index contributed by atoms with van der Waals surface area (Å²) in [7, 11) is -4.11. The van der Waals surface area contributed by atoms with Crippen LogP contribution >= 0.6 is 0 Å². The SMILES string of the molecule is O=C(O)c1cccc(S(=O)(=O)N2CC(N3CCCC3=O)C2)c1F. The summed E-state index contributed by atoms with van der Waals surface area (Å²) in [5.41, 5.74) is -0.683. The number of hydrogen-bond donors (Lipinski definition) is 1. The maximum absolute atomic E-state index is 14.1. The molecule has 0 saturated carbocycles. The summed E-state index contributed by atoms with van der Waals surface area (Å²) in [6.07, 6.45) is 1.23. The number of nitrogens with zero attached hydrogens (tertiary/aromatic N) is 2. The Morgan fingerprint density at radius 1 is 1.30 bits per heavy atom. The molecule has 9 heteroatoms. The third-order valence-corrected chi connectivity index (χ3v) is 6.04. The highest BCUT2D eigenvalue weighted by Gasteiger charge is 2.43. The molecule has 1 amide bonds. The van der Waals surface area contributed by atoms with Crippen LogP contribution in [0.2, 0.25) is 0 Å². The van der Waals surface area contributed by atoms with Gasteiger partial charge in [0.2, 0.25) is 15.9 Å². The van der Waals surface area contributed by atoms with Crippen LogP contribution in [0, 0.1) is 5.82 Å². The van der Waals surface area contributed by atoms with E-state index in [9.17, 15) is 22.4 Å². The molecule has 7 nitrogen and oxygen atoms in total. The Bertz CT molecular complexity index is 773. The maximum atomic E-state index is 14.1. The monoisotopic (exact) mass is 342 g/mol. The van der Waals surface area contributed by atoms with Crippen LogP contribution in [0.1, 0.15) is 23.2 Å². The van der Waals surface area contributed by atoms with Crippen LogP contribution in [0.15, 0.2) is 23.1 Å². The van der Waals surface area contributed by atoms with Crippen LogP contribution in [-0.2, 0) is 14.8 Å². The molecule has 2 heterocycles. The number of carbonyl (C=O) groups is 2. The zero-order valence-electron chi connectivity index (χ0n) is 12.1. The fraction of sp³-hybridized carbons (Fsp3) is 0.429. The minimum absolute atomic E-state index is 0.00565. The largest absolute Gasteiger partial charge is 0.478 e. The molecule has 124 valence electrons. The minimum atomic E-state index is -4.11. The molecule has 1 N–H and O–H groups in total. The number of likely N-dealkylation sites (tertiary alicyclic amines) is 1. The van der Waals surface area contributed by atoms with Crippen molar-refractivity contribution in [3.63, 3.8) is 0 Å². The molecule has 1 aromatic carbocycles. The molecule has 2 saturated heterocycles. The normalized spacial score (nSPS) is 19.9. The van der Waals surface area contributed by atoms with E-state index in [1.165, 1.54) is 6.07 Å². The highest BCUT2D eigenvalue weighted by Crippen LogP contribution is 2.29. The fourth-order valence-electron chi connectivity index (χ4n) is 2.88. The number of aromatic carboxylic acids is 1. The number of halogens is 1. The molecule has 2 fully saturated rings. The van der Waals surface area contributed by atoms with E-state index in [1.807, 2.05) is 0 Å². The van der Waals surface area contributed by atoms with Gasteiger partial charge in [-0.05, 0) is 18.6 Å². The number of carboxylic acid groups (broad SMARTS) is 1. The van der Waals surface area contributed by atoms with Crippen LogP contribution in [0.4, 0.5) is 4.39 Å². The molecule has 2 aliphatic heterocycles. The number of sulfonamides is 1. The van der Waals surface area contributed by atoms with Crippen LogP contribution in [-0.4, -0.2) is 60.3 Å². The van der Waals surface area contributed by atoms with E-state index in [2.05, 4.69) is 0 Å². The zero-order chi connectivity index (χ0) is 16.8. The van der Waals surface area contributed by atoms with E-state index >= 15 is 0 Å². The number of rotatable bonds is 4. The summed E-state index contributed by atoms with van der Waals surface area (Å²) >= 11 is 0. The van der Waals surface area contributed by atoms with E-state index in [1.54, 1.807) is 4.90 Å². The van der Waals surface area contributed by atoms with Gasteiger partial charge in [-0.2, -0.15) is 4.31 Å². The topological polar surface area (TPSA) is 95.0 Å². The Kier molecular flexibility index (Phi) is 3.85. The van der Waals surface area contributed by atoms with Gasteiger partial charge in [-0.15, -0.1) is 0 Å². The lowest BCUT2D eigenvalue weighted by atomic mass is 10.1. The summed E-state index contributed by atoms with van der Waals surface area (Å²) in [5, 5.41) is 8.89. The first-order valence-electron chi connectivity index (χ1n) is 7.14. The Morgan fingerprint density at radius 3 is 2.57 bits per heavy atom. The standard InChI is InChI=1S/C14H15FN2O5S/c15-13-10(14(19)20)3-1-4-11(13)23(21,22)16-7-9(8-16)17-6-2-5-12(17)18/h1,3-4,9H,2,5-8H2,(H,19,20). The Morgan fingerprint density at radius 2 is 2.00 bits per heavy atom. The molecule has 0 spiro atoms. The van der Waals surface area contributed by atoms with Crippen molar-refractivity contribution in [3.05, 3.63) is 29.6 Å². The van der Waals surface area contributed by atoms with Crippen molar-refractivity contribution in [2.75, 3.05) is 19.6 Å². The van der Waals surface area contributed by atoms with E-state index in [4.69, 9.17) is 5.11 Å². The van der Waals surface area contributed by atoms with E-state index in [0.29, 0.717) is 13.0 Å². The highest BCUT2D eigenvalue weighted by atomic mass is 32.2. The fourth-order valence-corrected chi connectivity index (χ4v) is 4.48. The van der Waals surface area contributed by atoms with Gasteiger partial charge in [-0.3, -0.25) is 4.79 Å². The Balaban J connectivity index is 1.80. The molecule has 23 heavy (non-hydrogen) atoms. The molecule has 0 unspecified atom stereocenters. The predicted octanol–water partition coefficient (Wildman–Crippen LogP) is 0.519. The number of carboxylic acids is 1. The van der Waals surface area contributed by atoms with Gasteiger partial charge < -0.3 is 10.0 Å². The van der Waals surface area contributed by atoms with Crippen LogP contribution < -0.4 is 0 Å².